The molecule has 1 saturated heterocycles. The summed E-state index contributed by atoms with van der Waals surface area (Å²) < 4.78 is 0.812. The number of aromatic hydroxyl groups is 1. The summed E-state index contributed by atoms with van der Waals surface area (Å²) in [5.74, 6) is 0.309. The SMILES string of the molecule is C[C@@H]1CN(c2ccc(N=Cc3c(O)[nH]c(=O)c4ccc(Br)cc34)nc2)C[C@H](C)N1. The molecule has 3 N–H and O–H groups in total. The van der Waals surface area contributed by atoms with Crippen molar-refractivity contribution in [2.45, 2.75) is 25.9 Å². The number of anilines is 1. The van der Waals surface area contributed by atoms with E-state index in [0.29, 0.717) is 34.2 Å². The molecular weight excluding hydrogens is 434 g/mol. The normalized spacial score (nSPS) is 19.9. The smallest absolute Gasteiger partial charge is 0.258 e. The minimum atomic E-state index is -0.343. The van der Waals surface area contributed by atoms with Crippen molar-refractivity contribution in [2.75, 3.05) is 18.0 Å². The van der Waals surface area contributed by atoms with Crippen LogP contribution in [0, 0.1) is 0 Å². The molecule has 150 valence electrons. The number of halogens is 1. The Bertz CT molecular complexity index is 1120. The van der Waals surface area contributed by atoms with Gasteiger partial charge in [-0.05, 0) is 44.2 Å². The highest BCUT2D eigenvalue weighted by atomic mass is 79.9. The Kier molecular flexibility index (Phi) is 5.38. The van der Waals surface area contributed by atoms with Crippen LogP contribution in [-0.4, -0.2) is 46.5 Å². The molecule has 2 aromatic heterocycles. The van der Waals surface area contributed by atoms with E-state index in [4.69, 9.17) is 0 Å². The van der Waals surface area contributed by atoms with Crippen molar-refractivity contribution in [2.24, 2.45) is 4.99 Å². The molecule has 2 atom stereocenters. The molecule has 4 rings (SSSR count). The first-order valence-electron chi connectivity index (χ1n) is 9.46. The fourth-order valence-corrected chi connectivity index (χ4v) is 4.11. The largest absolute Gasteiger partial charge is 0.494 e. The molecule has 1 aliphatic rings. The van der Waals surface area contributed by atoms with E-state index in [0.717, 1.165) is 23.2 Å². The number of hydrogen-bond acceptors (Lipinski definition) is 6. The van der Waals surface area contributed by atoms with Crippen LogP contribution in [0.4, 0.5) is 11.5 Å². The number of benzene rings is 1. The molecule has 29 heavy (non-hydrogen) atoms. The van der Waals surface area contributed by atoms with Crippen LogP contribution in [0.5, 0.6) is 5.88 Å². The van der Waals surface area contributed by atoms with Crippen LogP contribution in [0.25, 0.3) is 10.8 Å². The van der Waals surface area contributed by atoms with Crippen molar-refractivity contribution in [3.8, 4) is 5.88 Å². The molecule has 1 fully saturated rings. The number of aromatic amines is 1. The highest BCUT2D eigenvalue weighted by Gasteiger charge is 2.21. The lowest BCUT2D eigenvalue weighted by molar-refractivity contribution is 0.407. The summed E-state index contributed by atoms with van der Waals surface area (Å²) in [6, 6.07) is 9.98. The lowest BCUT2D eigenvalue weighted by atomic mass is 10.1. The zero-order chi connectivity index (χ0) is 20.5. The van der Waals surface area contributed by atoms with E-state index >= 15 is 0 Å². The van der Waals surface area contributed by atoms with Gasteiger partial charge in [0.1, 0.15) is 0 Å². The number of rotatable bonds is 3. The van der Waals surface area contributed by atoms with Gasteiger partial charge in [0.2, 0.25) is 5.88 Å². The minimum Gasteiger partial charge on any atom is -0.494 e. The van der Waals surface area contributed by atoms with Gasteiger partial charge in [0.25, 0.3) is 5.56 Å². The molecule has 3 heterocycles. The van der Waals surface area contributed by atoms with Crippen molar-refractivity contribution >= 4 is 44.4 Å². The summed E-state index contributed by atoms with van der Waals surface area (Å²) in [4.78, 5) is 25.7. The zero-order valence-corrected chi connectivity index (χ0v) is 17.8. The predicted molar refractivity (Wildman–Crippen MR) is 120 cm³/mol. The second kappa shape index (κ2) is 7.96. The van der Waals surface area contributed by atoms with Crippen molar-refractivity contribution < 1.29 is 5.11 Å². The van der Waals surface area contributed by atoms with E-state index in [1.165, 1.54) is 6.21 Å². The maximum Gasteiger partial charge on any atom is 0.258 e. The Hall–Kier alpha value is -2.71. The second-order valence-electron chi connectivity index (χ2n) is 7.41. The number of nitrogens with one attached hydrogen (secondary N) is 2. The highest BCUT2D eigenvalue weighted by molar-refractivity contribution is 9.10. The first-order valence-corrected chi connectivity index (χ1v) is 10.3. The van der Waals surface area contributed by atoms with E-state index in [1.807, 2.05) is 18.3 Å². The molecule has 0 bridgehead atoms. The van der Waals surface area contributed by atoms with Crippen LogP contribution in [0.15, 0.2) is 50.8 Å². The number of H-pyrrole nitrogens is 1. The summed E-state index contributed by atoms with van der Waals surface area (Å²) in [5.41, 5.74) is 1.16. The van der Waals surface area contributed by atoms with Crippen molar-refractivity contribution in [3.05, 3.63) is 56.9 Å². The Morgan fingerprint density at radius 1 is 1.21 bits per heavy atom. The molecule has 0 aliphatic carbocycles. The maximum atomic E-state index is 12.1. The van der Waals surface area contributed by atoms with Gasteiger partial charge in [0, 0.05) is 46.6 Å². The molecule has 7 nitrogen and oxygen atoms in total. The van der Waals surface area contributed by atoms with Crippen LogP contribution in [-0.2, 0) is 0 Å². The van der Waals surface area contributed by atoms with Gasteiger partial charge in [-0.1, -0.05) is 15.9 Å². The number of piperazine rings is 1. The monoisotopic (exact) mass is 455 g/mol. The van der Waals surface area contributed by atoms with Crippen molar-refractivity contribution in [1.29, 1.82) is 0 Å². The van der Waals surface area contributed by atoms with Crippen LogP contribution in [0.1, 0.15) is 19.4 Å². The van der Waals surface area contributed by atoms with E-state index in [-0.39, 0.29) is 11.4 Å². The van der Waals surface area contributed by atoms with Crippen LogP contribution < -0.4 is 15.8 Å². The number of nitrogens with zero attached hydrogens (tertiary/aromatic N) is 3. The van der Waals surface area contributed by atoms with Gasteiger partial charge in [-0.25, -0.2) is 9.98 Å². The topological polar surface area (TPSA) is 93.6 Å². The van der Waals surface area contributed by atoms with Gasteiger partial charge in [0.15, 0.2) is 5.82 Å². The fraction of sp³-hybridized carbons (Fsp3) is 0.286. The van der Waals surface area contributed by atoms with Crippen LogP contribution >= 0.6 is 15.9 Å². The molecule has 8 heteroatoms. The van der Waals surface area contributed by atoms with E-state index < -0.39 is 0 Å². The van der Waals surface area contributed by atoms with E-state index in [2.05, 4.69) is 55.0 Å². The van der Waals surface area contributed by atoms with Crippen molar-refractivity contribution in [1.82, 2.24) is 15.3 Å². The Morgan fingerprint density at radius 2 is 1.97 bits per heavy atom. The second-order valence-corrected chi connectivity index (χ2v) is 8.33. The van der Waals surface area contributed by atoms with E-state index in [1.54, 1.807) is 18.2 Å². The molecule has 3 aromatic rings. The van der Waals surface area contributed by atoms with Crippen LogP contribution in [0.3, 0.4) is 0 Å². The molecule has 0 spiro atoms. The number of pyridine rings is 2. The maximum absolute atomic E-state index is 12.1. The number of aliphatic imine (C=N–C) groups is 1. The quantitative estimate of drug-likeness (QED) is 0.526. The summed E-state index contributed by atoms with van der Waals surface area (Å²) in [5, 5.41) is 14.8. The third-order valence-corrected chi connectivity index (χ3v) is 5.48. The van der Waals surface area contributed by atoms with Gasteiger partial charge in [-0.2, -0.15) is 0 Å². The van der Waals surface area contributed by atoms with Crippen LogP contribution in [0.2, 0.25) is 0 Å². The standard InChI is InChI=1S/C21H22BrN5O2/c1-12-10-27(11-13(2)25-12)15-4-6-19(23-8-15)24-9-18-17-7-14(22)3-5-16(17)20(28)26-21(18)29/h3-9,12-13,25H,10-11H2,1-2H3,(H2,26,28,29)/t12-,13+. The molecule has 0 unspecified atom stereocenters. The Morgan fingerprint density at radius 3 is 2.66 bits per heavy atom. The van der Waals surface area contributed by atoms with Gasteiger partial charge >= 0.3 is 0 Å². The highest BCUT2D eigenvalue weighted by Crippen LogP contribution is 2.25. The molecule has 1 aromatic carbocycles. The number of fused-ring (bicyclic) bond motifs is 1. The summed E-state index contributed by atoms with van der Waals surface area (Å²) in [7, 11) is 0. The first kappa shape index (κ1) is 19.6. The minimum absolute atomic E-state index is 0.218. The zero-order valence-electron chi connectivity index (χ0n) is 16.2. The average Bonchev–Trinajstić information content (AvgIpc) is 2.67. The summed E-state index contributed by atoms with van der Waals surface area (Å²) in [6.07, 6.45) is 3.34. The Labute approximate surface area is 176 Å². The average molecular weight is 456 g/mol. The molecular formula is C21H22BrN5O2. The Balaban J connectivity index is 1.62. The van der Waals surface area contributed by atoms with Gasteiger partial charge in [0.05, 0.1) is 17.4 Å². The molecule has 0 saturated carbocycles. The lowest BCUT2D eigenvalue weighted by Gasteiger charge is -2.37. The van der Waals surface area contributed by atoms with Gasteiger partial charge in [-0.15, -0.1) is 0 Å². The number of aromatic nitrogens is 2. The molecule has 1 aliphatic heterocycles. The summed E-state index contributed by atoms with van der Waals surface area (Å²) >= 11 is 3.41. The lowest BCUT2D eigenvalue weighted by Crippen LogP contribution is -2.54. The van der Waals surface area contributed by atoms with Gasteiger partial charge < -0.3 is 15.3 Å². The number of hydrogen-bond donors (Lipinski definition) is 3. The molecule has 0 amide bonds. The van der Waals surface area contributed by atoms with Gasteiger partial charge in [-0.3, -0.25) is 9.78 Å². The van der Waals surface area contributed by atoms with E-state index in [9.17, 15) is 9.90 Å². The third-order valence-electron chi connectivity index (χ3n) is 4.98. The first-order chi connectivity index (χ1) is 13.9. The fourth-order valence-electron chi connectivity index (χ4n) is 3.75. The molecule has 0 radical (unpaired) electrons. The van der Waals surface area contributed by atoms with Crippen molar-refractivity contribution in [3.63, 3.8) is 0 Å². The summed E-state index contributed by atoms with van der Waals surface area (Å²) in [6.45, 7) is 6.21. The predicted octanol–water partition coefficient (Wildman–Crippen LogP) is 3.33. The third kappa shape index (κ3) is 4.18.